The Morgan fingerprint density at radius 3 is 2.95 bits per heavy atom. The van der Waals surface area contributed by atoms with Gasteiger partial charge in [0.05, 0.1) is 17.8 Å². The zero-order valence-electron chi connectivity index (χ0n) is 12.4. The topological polar surface area (TPSA) is 70.0 Å². The number of aromatic amines is 1. The molecule has 1 amide bonds. The summed E-state index contributed by atoms with van der Waals surface area (Å²) in [5.74, 6) is 0.955. The smallest absolute Gasteiger partial charge is 0.257 e. The van der Waals surface area contributed by atoms with Crippen LogP contribution in [0.2, 0.25) is 0 Å². The molecule has 112 valence electrons. The van der Waals surface area contributed by atoms with Crippen molar-refractivity contribution < 1.29 is 4.79 Å². The lowest BCUT2D eigenvalue weighted by Crippen LogP contribution is -2.50. The fourth-order valence-electron chi connectivity index (χ4n) is 2.82. The average molecular weight is 288 g/mol. The molecule has 1 saturated heterocycles. The highest BCUT2D eigenvalue weighted by molar-refractivity contribution is 5.93. The summed E-state index contributed by atoms with van der Waals surface area (Å²) in [5.41, 5.74) is 0.639. The number of hydrogen-bond donors (Lipinski definition) is 1. The fourth-order valence-corrected chi connectivity index (χ4v) is 2.82. The van der Waals surface area contributed by atoms with E-state index in [1.54, 1.807) is 23.3 Å². The van der Waals surface area contributed by atoms with Crippen molar-refractivity contribution in [2.75, 3.05) is 26.2 Å². The van der Waals surface area contributed by atoms with Crippen LogP contribution in [-0.2, 0) is 7.05 Å². The minimum atomic E-state index is 0.0374. The van der Waals surface area contributed by atoms with Crippen molar-refractivity contribution in [2.24, 2.45) is 7.05 Å². The van der Waals surface area contributed by atoms with Crippen molar-refractivity contribution in [3.05, 3.63) is 36.2 Å². The molecule has 1 N–H and O–H groups in total. The lowest BCUT2D eigenvalue weighted by Gasteiger charge is -2.39. The van der Waals surface area contributed by atoms with Crippen LogP contribution in [0.3, 0.4) is 0 Å². The van der Waals surface area contributed by atoms with Crippen molar-refractivity contribution in [3.63, 3.8) is 0 Å². The van der Waals surface area contributed by atoms with Gasteiger partial charge < -0.3 is 9.88 Å². The molecule has 7 heteroatoms. The number of amides is 1. The number of likely N-dealkylation sites (N-methyl/N-ethyl adjacent to an activating group) is 1. The summed E-state index contributed by atoms with van der Waals surface area (Å²) >= 11 is 0. The van der Waals surface area contributed by atoms with E-state index in [2.05, 4.69) is 26.9 Å². The van der Waals surface area contributed by atoms with Gasteiger partial charge in [-0.25, -0.2) is 4.98 Å². The summed E-state index contributed by atoms with van der Waals surface area (Å²) in [7, 11) is 1.82. The van der Waals surface area contributed by atoms with Crippen LogP contribution in [0.5, 0.6) is 0 Å². The molecule has 1 atom stereocenters. The van der Waals surface area contributed by atoms with E-state index in [1.807, 2.05) is 18.1 Å². The third-order valence-electron chi connectivity index (χ3n) is 3.97. The van der Waals surface area contributed by atoms with E-state index in [9.17, 15) is 4.79 Å². The molecular formula is C14H20N6O. The first kappa shape index (κ1) is 13.8. The maximum atomic E-state index is 12.5. The van der Waals surface area contributed by atoms with E-state index in [1.165, 1.54) is 0 Å². The van der Waals surface area contributed by atoms with Gasteiger partial charge in [0.2, 0.25) is 0 Å². The second-order valence-corrected chi connectivity index (χ2v) is 5.27. The van der Waals surface area contributed by atoms with Crippen molar-refractivity contribution in [1.82, 2.24) is 29.5 Å². The van der Waals surface area contributed by atoms with Gasteiger partial charge >= 0.3 is 0 Å². The SMILES string of the molecule is CCN1CCN(C(=O)c2cnn(C)c2)C[C@@H]1c1ncc[nH]1. The summed E-state index contributed by atoms with van der Waals surface area (Å²) in [6.45, 7) is 5.32. The largest absolute Gasteiger partial charge is 0.347 e. The van der Waals surface area contributed by atoms with Gasteiger partial charge in [0.1, 0.15) is 5.82 Å². The van der Waals surface area contributed by atoms with Crippen LogP contribution in [0.15, 0.2) is 24.8 Å². The van der Waals surface area contributed by atoms with Gasteiger partial charge in [-0.2, -0.15) is 5.10 Å². The first-order valence-corrected chi connectivity index (χ1v) is 7.20. The molecule has 0 saturated carbocycles. The Hall–Kier alpha value is -2.15. The summed E-state index contributed by atoms with van der Waals surface area (Å²) in [5, 5.41) is 4.07. The van der Waals surface area contributed by atoms with Gasteiger partial charge in [-0.15, -0.1) is 0 Å². The summed E-state index contributed by atoms with van der Waals surface area (Å²) < 4.78 is 1.65. The standard InChI is InChI=1S/C14H20N6O/c1-3-19-6-7-20(10-12(19)13-15-4-5-16-13)14(21)11-8-17-18(2)9-11/h4-5,8-9,12H,3,6-7,10H2,1-2H3,(H,15,16)/t12-/m1/s1. The van der Waals surface area contributed by atoms with Crippen LogP contribution in [0.1, 0.15) is 29.1 Å². The third kappa shape index (κ3) is 2.69. The monoisotopic (exact) mass is 288 g/mol. The quantitative estimate of drug-likeness (QED) is 0.901. The predicted molar refractivity (Wildman–Crippen MR) is 77.7 cm³/mol. The lowest BCUT2D eigenvalue weighted by molar-refractivity contribution is 0.0480. The van der Waals surface area contributed by atoms with Crippen molar-refractivity contribution in [3.8, 4) is 0 Å². The molecule has 2 aromatic heterocycles. The molecule has 21 heavy (non-hydrogen) atoms. The van der Waals surface area contributed by atoms with E-state index in [0.717, 1.165) is 25.5 Å². The average Bonchev–Trinajstić information content (AvgIpc) is 3.17. The molecular weight excluding hydrogens is 268 g/mol. The van der Waals surface area contributed by atoms with E-state index in [4.69, 9.17) is 0 Å². The second-order valence-electron chi connectivity index (χ2n) is 5.27. The number of rotatable bonds is 3. The predicted octanol–water partition coefficient (Wildman–Crippen LogP) is 0.662. The molecule has 0 spiro atoms. The van der Waals surface area contributed by atoms with Crippen LogP contribution < -0.4 is 0 Å². The molecule has 1 aliphatic rings. The highest BCUT2D eigenvalue weighted by atomic mass is 16.2. The number of aromatic nitrogens is 4. The number of H-pyrrole nitrogens is 1. The highest BCUT2D eigenvalue weighted by Crippen LogP contribution is 2.23. The Balaban J connectivity index is 1.78. The molecule has 1 fully saturated rings. The number of imidazole rings is 1. The normalized spacial score (nSPS) is 19.9. The Morgan fingerprint density at radius 2 is 2.33 bits per heavy atom. The van der Waals surface area contributed by atoms with Crippen LogP contribution in [-0.4, -0.2) is 61.6 Å². The van der Waals surface area contributed by atoms with Gasteiger partial charge in [0.25, 0.3) is 5.91 Å². The number of hydrogen-bond acceptors (Lipinski definition) is 4. The molecule has 3 heterocycles. The number of carbonyl (C=O) groups excluding carboxylic acids is 1. The second kappa shape index (κ2) is 5.69. The van der Waals surface area contributed by atoms with Crippen LogP contribution in [0.4, 0.5) is 0 Å². The minimum Gasteiger partial charge on any atom is -0.347 e. The van der Waals surface area contributed by atoms with Gasteiger partial charge in [0.15, 0.2) is 0 Å². The van der Waals surface area contributed by atoms with Crippen molar-refractivity contribution >= 4 is 5.91 Å². The molecule has 1 aliphatic heterocycles. The molecule has 0 unspecified atom stereocenters. The van der Waals surface area contributed by atoms with E-state index < -0.39 is 0 Å². The number of piperazine rings is 1. The fraction of sp³-hybridized carbons (Fsp3) is 0.500. The number of aryl methyl sites for hydroxylation is 1. The maximum absolute atomic E-state index is 12.5. The Morgan fingerprint density at radius 1 is 1.48 bits per heavy atom. The molecule has 0 bridgehead atoms. The first-order valence-electron chi connectivity index (χ1n) is 7.20. The molecule has 7 nitrogen and oxygen atoms in total. The highest BCUT2D eigenvalue weighted by Gasteiger charge is 2.31. The zero-order valence-corrected chi connectivity index (χ0v) is 12.4. The minimum absolute atomic E-state index is 0.0374. The Labute approximate surface area is 123 Å². The number of nitrogens with one attached hydrogen (secondary N) is 1. The zero-order chi connectivity index (χ0) is 14.8. The van der Waals surface area contributed by atoms with Gasteiger partial charge in [0, 0.05) is 45.3 Å². The lowest BCUT2D eigenvalue weighted by atomic mass is 10.1. The van der Waals surface area contributed by atoms with Crippen LogP contribution in [0.25, 0.3) is 0 Å². The van der Waals surface area contributed by atoms with Crippen LogP contribution in [0, 0.1) is 0 Å². The summed E-state index contributed by atoms with van der Waals surface area (Å²) in [6, 6.07) is 0.124. The third-order valence-corrected chi connectivity index (χ3v) is 3.97. The molecule has 0 radical (unpaired) electrons. The van der Waals surface area contributed by atoms with Crippen LogP contribution >= 0.6 is 0 Å². The molecule has 3 rings (SSSR count). The van der Waals surface area contributed by atoms with Gasteiger partial charge in [-0.1, -0.05) is 6.92 Å². The molecule has 0 aliphatic carbocycles. The van der Waals surface area contributed by atoms with E-state index in [0.29, 0.717) is 12.1 Å². The van der Waals surface area contributed by atoms with Gasteiger partial charge in [-0.05, 0) is 6.54 Å². The maximum Gasteiger partial charge on any atom is 0.257 e. The Bertz CT molecular complexity index is 605. The first-order chi connectivity index (χ1) is 10.2. The summed E-state index contributed by atoms with van der Waals surface area (Å²) in [4.78, 5) is 24.3. The molecule has 2 aromatic rings. The number of nitrogens with zero attached hydrogens (tertiary/aromatic N) is 5. The van der Waals surface area contributed by atoms with Crippen molar-refractivity contribution in [2.45, 2.75) is 13.0 Å². The van der Waals surface area contributed by atoms with Crippen molar-refractivity contribution in [1.29, 1.82) is 0 Å². The summed E-state index contributed by atoms with van der Waals surface area (Å²) in [6.07, 6.45) is 6.96. The molecule has 0 aromatic carbocycles. The Kier molecular flexibility index (Phi) is 3.74. The van der Waals surface area contributed by atoms with E-state index >= 15 is 0 Å². The number of carbonyl (C=O) groups is 1. The van der Waals surface area contributed by atoms with Gasteiger partial charge in [-0.3, -0.25) is 14.4 Å². The van der Waals surface area contributed by atoms with E-state index in [-0.39, 0.29) is 11.9 Å².